The van der Waals surface area contributed by atoms with Crippen molar-refractivity contribution in [2.45, 2.75) is 32.3 Å². The molecule has 2 aromatic carbocycles. The van der Waals surface area contributed by atoms with Crippen LogP contribution in [0.3, 0.4) is 0 Å². The van der Waals surface area contributed by atoms with Crippen LogP contribution in [0.2, 0.25) is 0 Å². The monoisotopic (exact) mass is 258 g/mol. The van der Waals surface area contributed by atoms with Gasteiger partial charge in [0.25, 0.3) is 0 Å². The molecular weight excluding hydrogens is 239 g/mol. The molecule has 0 radical (unpaired) electrons. The van der Waals surface area contributed by atoms with Crippen molar-refractivity contribution in [1.82, 2.24) is 0 Å². The first kappa shape index (κ1) is 13.8. The number of halogens is 1. The topological polar surface area (TPSA) is 20.2 Å². The van der Waals surface area contributed by atoms with Crippen molar-refractivity contribution < 1.29 is 9.50 Å². The van der Waals surface area contributed by atoms with Gasteiger partial charge in [0.1, 0.15) is 5.82 Å². The molecule has 1 nitrogen and oxygen atoms in total. The van der Waals surface area contributed by atoms with E-state index in [0.717, 1.165) is 11.1 Å². The molecule has 0 aliphatic rings. The van der Waals surface area contributed by atoms with Crippen LogP contribution in [0.1, 0.15) is 30.0 Å². The summed E-state index contributed by atoms with van der Waals surface area (Å²) in [7, 11) is 0. The van der Waals surface area contributed by atoms with E-state index in [4.69, 9.17) is 0 Å². The first-order chi connectivity index (χ1) is 9.05. The molecular formula is C17H19FO. The third-order valence-corrected chi connectivity index (χ3v) is 3.63. The number of benzene rings is 2. The largest absolute Gasteiger partial charge is 0.385 e. The minimum Gasteiger partial charge on any atom is -0.385 e. The molecule has 0 saturated carbocycles. The Balaban J connectivity index is 2.39. The van der Waals surface area contributed by atoms with Gasteiger partial charge < -0.3 is 5.11 Å². The Bertz CT molecular complexity index is 550. The lowest BCUT2D eigenvalue weighted by Gasteiger charge is -2.29. The Morgan fingerprint density at radius 3 is 2.42 bits per heavy atom. The maximum Gasteiger partial charge on any atom is 0.123 e. The smallest absolute Gasteiger partial charge is 0.123 e. The fourth-order valence-corrected chi connectivity index (χ4v) is 2.44. The number of aryl methyl sites for hydroxylation is 1. The second-order valence-corrected chi connectivity index (χ2v) is 5.01. The zero-order chi connectivity index (χ0) is 13.9. The summed E-state index contributed by atoms with van der Waals surface area (Å²) in [5, 5.41) is 10.9. The second kappa shape index (κ2) is 5.54. The lowest BCUT2D eigenvalue weighted by molar-refractivity contribution is 0.0318. The molecule has 1 N–H and O–H groups in total. The quantitative estimate of drug-likeness (QED) is 0.879. The van der Waals surface area contributed by atoms with Crippen molar-refractivity contribution in [1.29, 1.82) is 0 Å². The van der Waals surface area contributed by atoms with Crippen LogP contribution in [0.25, 0.3) is 0 Å². The van der Waals surface area contributed by atoms with Crippen LogP contribution < -0.4 is 0 Å². The summed E-state index contributed by atoms with van der Waals surface area (Å²) in [5.41, 5.74) is 1.63. The summed E-state index contributed by atoms with van der Waals surface area (Å²) < 4.78 is 13.4. The molecule has 2 aromatic rings. The number of rotatable bonds is 4. The molecule has 0 fully saturated rings. The van der Waals surface area contributed by atoms with Crippen molar-refractivity contribution in [2.24, 2.45) is 0 Å². The van der Waals surface area contributed by atoms with E-state index in [2.05, 4.69) is 0 Å². The van der Waals surface area contributed by atoms with Crippen molar-refractivity contribution >= 4 is 0 Å². The molecule has 0 bridgehead atoms. The zero-order valence-corrected chi connectivity index (χ0v) is 11.4. The van der Waals surface area contributed by atoms with Crippen molar-refractivity contribution in [2.75, 3.05) is 0 Å². The number of hydrogen-bond acceptors (Lipinski definition) is 1. The molecule has 0 aromatic heterocycles. The normalized spacial score (nSPS) is 14.1. The van der Waals surface area contributed by atoms with Gasteiger partial charge in [0, 0.05) is 6.42 Å². The van der Waals surface area contributed by atoms with E-state index < -0.39 is 5.60 Å². The summed E-state index contributed by atoms with van der Waals surface area (Å²) in [6, 6.07) is 14.4. The molecule has 1 unspecified atom stereocenters. The SMILES string of the molecule is CCC(O)(Cc1ccccc1)c1cc(F)ccc1C. The molecule has 2 rings (SSSR count). The van der Waals surface area contributed by atoms with E-state index in [1.807, 2.05) is 44.2 Å². The fraction of sp³-hybridized carbons (Fsp3) is 0.294. The van der Waals surface area contributed by atoms with Gasteiger partial charge in [-0.1, -0.05) is 43.3 Å². The molecule has 0 saturated heterocycles. The molecule has 0 aliphatic heterocycles. The average Bonchev–Trinajstić information content (AvgIpc) is 2.42. The van der Waals surface area contributed by atoms with Crippen LogP contribution >= 0.6 is 0 Å². The van der Waals surface area contributed by atoms with Crippen LogP contribution in [0.15, 0.2) is 48.5 Å². The van der Waals surface area contributed by atoms with E-state index in [1.165, 1.54) is 12.1 Å². The highest BCUT2D eigenvalue weighted by molar-refractivity contribution is 5.34. The highest BCUT2D eigenvalue weighted by atomic mass is 19.1. The molecule has 0 heterocycles. The first-order valence-electron chi connectivity index (χ1n) is 6.58. The van der Waals surface area contributed by atoms with Gasteiger partial charge in [0.15, 0.2) is 0 Å². The highest BCUT2D eigenvalue weighted by Crippen LogP contribution is 2.32. The number of aliphatic hydroxyl groups is 1. The van der Waals surface area contributed by atoms with Crippen LogP contribution in [0.4, 0.5) is 4.39 Å². The standard InChI is InChI=1S/C17H19FO/c1-3-17(19,12-14-7-5-4-6-8-14)16-11-15(18)10-9-13(16)2/h4-11,19H,3,12H2,1-2H3. The average molecular weight is 258 g/mol. The lowest BCUT2D eigenvalue weighted by Crippen LogP contribution is -2.28. The van der Waals surface area contributed by atoms with Gasteiger partial charge in [-0.25, -0.2) is 4.39 Å². The van der Waals surface area contributed by atoms with E-state index in [9.17, 15) is 9.50 Å². The minimum absolute atomic E-state index is 0.305. The van der Waals surface area contributed by atoms with Gasteiger partial charge in [0.2, 0.25) is 0 Å². The van der Waals surface area contributed by atoms with E-state index >= 15 is 0 Å². The summed E-state index contributed by atoms with van der Waals surface area (Å²) in [5.74, 6) is -0.305. The Labute approximate surface area is 113 Å². The van der Waals surface area contributed by atoms with Crippen LogP contribution in [0, 0.1) is 12.7 Å². The number of hydrogen-bond donors (Lipinski definition) is 1. The molecule has 19 heavy (non-hydrogen) atoms. The minimum atomic E-state index is -1.02. The molecule has 0 amide bonds. The van der Waals surface area contributed by atoms with Gasteiger partial charge in [-0.15, -0.1) is 0 Å². The molecule has 1 atom stereocenters. The van der Waals surface area contributed by atoms with Crippen LogP contribution in [-0.4, -0.2) is 5.11 Å². The predicted octanol–water partition coefficient (Wildman–Crippen LogP) is 3.97. The maximum atomic E-state index is 13.4. The van der Waals surface area contributed by atoms with Gasteiger partial charge in [-0.05, 0) is 42.2 Å². The lowest BCUT2D eigenvalue weighted by atomic mass is 9.83. The van der Waals surface area contributed by atoms with Crippen LogP contribution in [-0.2, 0) is 12.0 Å². The third-order valence-electron chi connectivity index (χ3n) is 3.63. The highest BCUT2D eigenvalue weighted by Gasteiger charge is 2.29. The summed E-state index contributed by atoms with van der Waals surface area (Å²) >= 11 is 0. The maximum absolute atomic E-state index is 13.4. The first-order valence-corrected chi connectivity index (χ1v) is 6.58. The van der Waals surface area contributed by atoms with Gasteiger partial charge in [-0.3, -0.25) is 0 Å². The summed E-state index contributed by atoms with van der Waals surface area (Å²) in [4.78, 5) is 0. The second-order valence-electron chi connectivity index (χ2n) is 5.01. The third kappa shape index (κ3) is 3.02. The summed E-state index contributed by atoms with van der Waals surface area (Å²) in [6.45, 7) is 3.83. The molecule has 0 spiro atoms. The summed E-state index contributed by atoms with van der Waals surface area (Å²) in [6.07, 6.45) is 1.04. The zero-order valence-electron chi connectivity index (χ0n) is 11.4. The Morgan fingerprint density at radius 1 is 1.11 bits per heavy atom. The van der Waals surface area contributed by atoms with E-state index in [-0.39, 0.29) is 5.82 Å². The van der Waals surface area contributed by atoms with E-state index in [0.29, 0.717) is 18.4 Å². The van der Waals surface area contributed by atoms with Gasteiger partial charge >= 0.3 is 0 Å². The molecule has 0 aliphatic carbocycles. The van der Waals surface area contributed by atoms with E-state index in [1.54, 1.807) is 6.07 Å². The van der Waals surface area contributed by atoms with Crippen LogP contribution in [0.5, 0.6) is 0 Å². The van der Waals surface area contributed by atoms with Crippen molar-refractivity contribution in [3.8, 4) is 0 Å². The van der Waals surface area contributed by atoms with Crippen molar-refractivity contribution in [3.63, 3.8) is 0 Å². The Kier molecular flexibility index (Phi) is 4.01. The Morgan fingerprint density at radius 2 is 1.79 bits per heavy atom. The predicted molar refractivity (Wildman–Crippen MR) is 75.5 cm³/mol. The van der Waals surface area contributed by atoms with Gasteiger partial charge in [0.05, 0.1) is 5.60 Å². The van der Waals surface area contributed by atoms with Gasteiger partial charge in [-0.2, -0.15) is 0 Å². The molecule has 100 valence electrons. The van der Waals surface area contributed by atoms with Crippen molar-refractivity contribution in [3.05, 3.63) is 71.0 Å². The fourth-order valence-electron chi connectivity index (χ4n) is 2.44. The Hall–Kier alpha value is -1.67. The molecule has 2 heteroatoms.